The Morgan fingerprint density at radius 3 is 2.35 bits per heavy atom. The molecule has 0 aliphatic carbocycles. The molecule has 4 heteroatoms. The smallest absolute Gasteiger partial charge is 0.338 e. The molecule has 0 heterocycles. The molecule has 23 heavy (non-hydrogen) atoms. The van der Waals surface area contributed by atoms with Gasteiger partial charge in [0.1, 0.15) is 17.6 Å². The van der Waals surface area contributed by atoms with Crippen LogP contribution in [0.5, 0.6) is 11.5 Å². The molecule has 0 aromatic heterocycles. The Balaban J connectivity index is 2.13. The van der Waals surface area contributed by atoms with Crippen molar-refractivity contribution in [1.82, 2.24) is 0 Å². The van der Waals surface area contributed by atoms with Crippen LogP contribution in [-0.4, -0.2) is 13.1 Å². The van der Waals surface area contributed by atoms with E-state index in [4.69, 9.17) is 14.7 Å². The summed E-state index contributed by atoms with van der Waals surface area (Å²) in [4.78, 5) is 11.9. The van der Waals surface area contributed by atoms with E-state index in [1.807, 2.05) is 24.3 Å². The number of ether oxygens (including phenoxy) is 2. The number of carbonyl (C=O) groups excluding carboxylic acids is 1. The topological polar surface area (TPSA) is 59.3 Å². The highest BCUT2D eigenvalue weighted by Crippen LogP contribution is 2.33. The van der Waals surface area contributed by atoms with Gasteiger partial charge < -0.3 is 9.47 Å². The van der Waals surface area contributed by atoms with Crippen LogP contribution in [0.25, 0.3) is 10.8 Å². The summed E-state index contributed by atoms with van der Waals surface area (Å²) < 4.78 is 10.7. The largest absolute Gasteiger partial charge is 0.465 e. The Kier molecular flexibility index (Phi) is 3.94. The van der Waals surface area contributed by atoms with Gasteiger partial charge in [-0.25, -0.2) is 4.79 Å². The van der Waals surface area contributed by atoms with E-state index in [0.29, 0.717) is 22.6 Å². The van der Waals surface area contributed by atoms with Crippen molar-refractivity contribution in [3.63, 3.8) is 0 Å². The van der Waals surface area contributed by atoms with Gasteiger partial charge in [-0.15, -0.1) is 0 Å². The third-order valence-corrected chi connectivity index (χ3v) is 3.52. The lowest BCUT2D eigenvalue weighted by Gasteiger charge is -2.12. The molecule has 0 saturated heterocycles. The van der Waals surface area contributed by atoms with Crippen molar-refractivity contribution in [2.75, 3.05) is 7.11 Å². The zero-order valence-corrected chi connectivity index (χ0v) is 12.4. The first kappa shape index (κ1) is 14.6. The molecule has 0 amide bonds. The van der Waals surface area contributed by atoms with Crippen LogP contribution >= 0.6 is 0 Å². The summed E-state index contributed by atoms with van der Waals surface area (Å²) in [5.74, 6) is 0.659. The minimum absolute atomic E-state index is 0.398. The van der Waals surface area contributed by atoms with Crippen molar-refractivity contribution < 1.29 is 14.3 Å². The molecule has 0 fully saturated rings. The van der Waals surface area contributed by atoms with Crippen LogP contribution in [0.4, 0.5) is 0 Å². The van der Waals surface area contributed by atoms with Crippen LogP contribution in [0.2, 0.25) is 0 Å². The predicted molar refractivity (Wildman–Crippen MR) is 86.5 cm³/mol. The first-order valence-electron chi connectivity index (χ1n) is 7.01. The van der Waals surface area contributed by atoms with Crippen molar-refractivity contribution in [3.8, 4) is 17.6 Å². The van der Waals surface area contributed by atoms with E-state index in [1.54, 1.807) is 36.4 Å². The summed E-state index contributed by atoms with van der Waals surface area (Å²) in [6.45, 7) is 0. The summed E-state index contributed by atoms with van der Waals surface area (Å²) in [5, 5.41) is 10.7. The number of para-hydroxylation sites is 1. The fourth-order valence-electron chi connectivity index (χ4n) is 2.41. The minimum Gasteiger partial charge on any atom is -0.465 e. The van der Waals surface area contributed by atoms with Crippen molar-refractivity contribution in [3.05, 3.63) is 71.8 Å². The predicted octanol–water partition coefficient (Wildman–Crippen LogP) is 4.29. The molecule has 0 spiro atoms. The standard InChI is InChI=1S/C19H13NO3/c1-22-19(21)16-10-11-18(15-8-4-3-7-14(15)16)23-17-9-5-2-6-13(17)12-20/h2-11H,1H3. The van der Waals surface area contributed by atoms with Gasteiger partial charge in [-0.2, -0.15) is 5.26 Å². The average Bonchev–Trinajstić information content (AvgIpc) is 2.62. The molecular formula is C19H13NO3. The molecule has 3 aromatic rings. The number of hydrogen-bond acceptors (Lipinski definition) is 4. The minimum atomic E-state index is -0.398. The second-order valence-corrected chi connectivity index (χ2v) is 4.86. The Hall–Kier alpha value is -3.32. The SMILES string of the molecule is COC(=O)c1ccc(Oc2ccccc2C#N)c2ccccc12. The maximum Gasteiger partial charge on any atom is 0.338 e. The first-order chi connectivity index (χ1) is 11.2. The number of esters is 1. The van der Waals surface area contributed by atoms with E-state index in [1.165, 1.54) is 7.11 Å². The Bertz CT molecular complexity index is 925. The molecule has 0 atom stereocenters. The van der Waals surface area contributed by atoms with Gasteiger partial charge in [0.15, 0.2) is 0 Å². The van der Waals surface area contributed by atoms with Crippen molar-refractivity contribution in [1.29, 1.82) is 5.26 Å². The number of benzene rings is 3. The quantitative estimate of drug-likeness (QED) is 0.677. The zero-order valence-electron chi connectivity index (χ0n) is 12.4. The molecule has 3 aromatic carbocycles. The summed E-state index contributed by atoms with van der Waals surface area (Å²) >= 11 is 0. The van der Waals surface area contributed by atoms with Gasteiger partial charge in [0.2, 0.25) is 0 Å². The average molecular weight is 303 g/mol. The van der Waals surface area contributed by atoms with E-state index < -0.39 is 5.97 Å². The van der Waals surface area contributed by atoms with Gasteiger partial charge in [0, 0.05) is 5.39 Å². The molecule has 112 valence electrons. The fraction of sp³-hybridized carbons (Fsp3) is 0.0526. The summed E-state index contributed by atoms with van der Waals surface area (Å²) in [6, 6.07) is 19.9. The lowest BCUT2D eigenvalue weighted by atomic mass is 10.0. The van der Waals surface area contributed by atoms with E-state index in [2.05, 4.69) is 6.07 Å². The van der Waals surface area contributed by atoms with Gasteiger partial charge in [-0.05, 0) is 29.7 Å². The van der Waals surface area contributed by atoms with Crippen molar-refractivity contribution >= 4 is 16.7 Å². The van der Waals surface area contributed by atoms with Gasteiger partial charge >= 0.3 is 5.97 Å². The monoisotopic (exact) mass is 303 g/mol. The number of nitriles is 1. The van der Waals surface area contributed by atoms with Gasteiger partial charge in [0.25, 0.3) is 0 Å². The number of rotatable bonds is 3. The maximum absolute atomic E-state index is 11.9. The number of methoxy groups -OCH3 is 1. The first-order valence-corrected chi connectivity index (χ1v) is 7.01. The van der Waals surface area contributed by atoms with Crippen LogP contribution in [-0.2, 0) is 4.74 Å². The van der Waals surface area contributed by atoms with E-state index in [0.717, 1.165) is 10.8 Å². The normalized spacial score (nSPS) is 10.1. The molecule has 0 radical (unpaired) electrons. The van der Waals surface area contributed by atoms with Crippen molar-refractivity contribution in [2.24, 2.45) is 0 Å². The Morgan fingerprint density at radius 2 is 1.61 bits per heavy atom. The molecule has 0 aliphatic rings. The molecule has 3 rings (SSSR count). The molecule has 0 saturated carbocycles. The van der Waals surface area contributed by atoms with Crippen LogP contribution in [0.3, 0.4) is 0 Å². The van der Waals surface area contributed by atoms with E-state index >= 15 is 0 Å². The van der Waals surface area contributed by atoms with Crippen LogP contribution < -0.4 is 4.74 Å². The van der Waals surface area contributed by atoms with Crippen LogP contribution in [0.15, 0.2) is 60.7 Å². The third-order valence-electron chi connectivity index (χ3n) is 3.52. The second kappa shape index (κ2) is 6.20. The molecular weight excluding hydrogens is 290 g/mol. The van der Waals surface area contributed by atoms with Crippen LogP contribution in [0, 0.1) is 11.3 Å². The summed E-state index contributed by atoms with van der Waals surface area (Å²) in [5.41, 5.74) is 0.928. The number of fused-ring (bicyclic) bond motifs is 1. The van der Waals surface area contributed by atoms with E-state index in [-0.39, 0.29) is 0 Å². The van der Waals surface area contributed by atoms with Gasteiger partial charge in [0.05, 0.1) is 18.2 Å². The molecule has 0 unspecified atom stereocenters. The lowest BCUT2D eigenvalue weighted by molar-refractivity contribution is 0.0603. The zero-order chi connectivity index (χ0) is 16.2. The molecule has 4 nitrogen and oxygen atoms in total. The highest BCUT2D eigenvalue weighted by Gasteiger charge is 2.14. The Labute approximate surface area is 133 Å². The van der Waals surface area contributed by atoms with Crippen molar-refractivity contribution in [2.45, 2.75) is 0 Å². The van der Waals surface area contributed by atoms with Gasteiger partial charge in [-0.3, -0.25) is 0 Å². The molecule has 0 aliphatic heterocycles. The number of hydrogen-bond donors (Lipinski definition) is 0. The Morgan fingerprint density at radius 1 is 0.913 bits per heavy atom. The molecule has 0 N–H and O–H groups in total. The van der Waals surface area contributed by atoms with Gasteiger partial charge in [-0.1, -0.05) is 36.4 Å². The lowest BCUT2D eigenvalue weighted by Crippen LogP contribution is -2.02. The number of carbonyl (C=O) groups is 1. The summed E-state index contributed by atoms with van der Waals surface area (Å²) in [6.07, 6.45) is 0. The second-order valence-electron chi connectivity index (χ2n) is 4.86. The summed E-state index contributed by atoms with van der Waals surface area (Å²) in [7, 11) is 1.35. The maximum atomic E-state index is 11.9. The third kappa shape index (κ3) is 2.72. The highest BCUT2D eigenvalue weighted by molar-refractivity contribution is 6.06. The fourth-order valence-corrected chi connectivity index (χ4v) is 2.41. The number of nitrogens with zero attached hydrogens (tertiary/aromatic N) is 1. The van der Waals surface area contributed by atoms with Crippen LogP contribution in [0.1, 0.15) is 15.9 Å². The highest BCUT2D eigenvalue weighted by atomic mass is 16.5. The molecule has 0 bridgehead atoms. The van der Waals surface area contributed by atoms with E-state index in [9.17, 15) is 4.79 Å².